The van der Waals surface area contributed by atoms with E-state index in [1.54, 1.807) is 19.3 Å². The topological polar surface area (TPSA) is 56.9 Å². The molecule has 0 amide bonds. The standard InChI is InChI=1S/C17H16FN3O2S/c1-10-8-19-15-13(16(22)21(3)17(23)20(15)2)14(10)24-9-11-5-4-6-12(18)7-11/h4-8H,9H2,1-3H3. The van der Waals surface area contributed by atoms with Crippen molar-refractivity contribution in [1.29, 1.82) is 0 Å². The largest absolute Gasteiger partial charge is 0.332 e. The summed E-state index contributed by atoms with van der Waals surface area (Å²) in [5, 5.41) is 0.418. The van der Waals surface area contributed by atoms with Crippen LogP contribution in [0.15, 0.2) is 44.9 Å². The Hall–Kier alpha value is -2.41. The van der Waals surface area contributed by atoms with Crippen molar-refractivity contribution in [2.45, 2.75) is 17.6 Å². The Kier molecular flexibility index (Phi) is 4.28. The van der Waals surface area contributed by atoms with Gasteiger partial charge in [0.25, 0.3) is 5.56 Å². The number of hydrogen-bond donors (Lipinski definition) is 0. The number of aryl methyl sites for hydroxylation is 2. The third-order valence-electron chi connectivity index (χ3n) is 3.87. The number of hydrogen-bond acceptors (Lipinski definition) is 4. The Morgan fingerprint density at radius 2 is 1.96 bits per heavy atom. The fourth-order valence-electron chi connectivity index (χ4n) is 2.57. The fourth-order valence-corrected chi connectivity index (χ4v) is 3.66. The summed E-state index contributed by atoms with van der Waals surface area (Å²) in [5.74, 6) is 0.228. The SMILES string of the molecule is Cc1cnc2c(c1SCc1cccc(F)c1)c(=O)n(C)c(=O)n2C. The summed E-state index contributed by atoms with van der Waals surface area (Å²) >= 11 is 1.44. The number of nitrogens with zero attached hydrogens (tertiary/aromatic N) is 3. The maximum atomic E-state index is 13.3. The van der Waals surface area contributed by atoms with Crippen LogP contribution in [0.5, 0.6) is 0 Å². The van der Waals surface area contributed by atoms with E-state index >= 15 is 0 Å². The van der Waals surface area contributed by atoms with E-state index < -0.39 is 5.69 Å². The lowest BCUT2D eigenvalue weighted by Gasteiger charge is -2.12. The molecule has 2 heterocycles. The van der Waals surface area contributed by atoms with Crippen molar-refractivity contribution in [3.63, 3.8) is 0 Å². The van der Waals surface area contributed by atoms with Crippen molar-refractivity contribution in [3.8, 4) is 0 Å². The predicted molar refractivity (Wildman–Crippen MR) is 92.9 cm³/mol. The summed E-state index contributed by atoms with van der Waals surface area (Å²) < 4.78 is 15.8. The molecule has 0 aliphatic rings. The molecule has 0 atom stereocenters. The lowest BCUT2D eigenvalue weighted by Crippen LogP contribution is -2.37. The number of thioether (sulfide) groups is 1. The normalized spacial score (nSPS) is 11.2. The summed E-state index contributed by atoms with van der Waals surface area (Å²) in [7, 11) is 3.04. The number of halogens is 1. The molecule has 0 N–H and O–H groups in total. The van der Waals surface area contributed by atoms with Crippen LogP contribution in [-0.2, 0) is 19.8 Å². The molecule has 5 nitrogen and oxygen atoms in total. The number of benzene rings is 1. The highest BCUT2D eigenvalue weighted by Gasteiger charge is 2.16. The highest BCUT2D eigenvalue weighted by molar-refractivity contribution is 7.98. The van der Waals surface area contributed by atoms with Crippen LogP contribution in [0.1, 0.15) is 11.1 Å². The minimum Gasteiger partial charge on any atom is -0.280 e. The van der Waals surface area contributed by atoms with Crippen LogP contribution in [0.25, 0.3) is 11.0 Å². The molecule has 24 heavy (non-hydrogen) atoms. The summed E-state index contributed by atoms with van der Waals surface area (Å²) in [4.78, 5) is 29.6. The average Bonchev–Trinajstić information content (AvgIpc) is 2.56. The molecule has 0 radical (unpaired) electrons. The van der Waals surface area contributed by atoms with E-state index in [1.165, 1.54) is 35.5 Å². The molecule has 0 spiro atoms. The van der Waals surface area contributed by atoms with Gasteiger partial charge < -0.3 is 0 Å². The second-order valence-corrected chi connectivity index (χ2v) is 6.58. The first-order valence-electron chi connectivity index (χ1n) is 7.32. The number of fused-ring (bicyclic) bond motifs is 1. The van der Waals surface area contributed by atoms with Crippen LogP contribution in [-0.4, -0.2) is 14.1 Å². The second kappa shape index (κ2) is 6.24. The highest BCUT2D eigenvalue weighted by atomic mass is 32.2. The zero-order valence-electron chi connectivity index (χ0n) is 13.5. The molecule has 0 saturated heterocycles. The Morgan fingerprint density at radius 1 is 1.21 bits per heavy atom. The van der Waals surface area contributed by atoms with Gasteiger partial charge in [0.2, 0.25) is 0 Å². The molecule has 124 valence electrons. The van der Waals surface area contributed by atoms with Crippen LogP contribution in [0.2, 0.25) is 0 Å². The second-order valence-electron chi connectivity index (χ2n) is 5.59. The summed E-state index contributed by atoms with van der Waals surface area (Å²) in [6.07, 6.45) is 1.65. The zero-order chi connectivity index (χ0) is 17.4. The lowest BCUT2D eigenvalue weighted by molar-refractivity contribution is 0.626. The Labute approximate surface area is 141 Å². The summed E-state index contributed by atoms with van der Waals surface area (Å²) in [5.41, 5.74) is 1.25. The molecule has 0 unspecified atom stereocenters. The van der Waals surface area contributed by atoms with Gasteiger partial charge in [-0.1, -0.05) is 12.1 Å². The van der Waals surface area contributed by atoms with E-state index in [2.05, 4.69) is 4.98 Å². The molecule has 0 bridgehead atoms. The van der Waals surface area contributed by atoms with Crippen LogP contribution >= 0.6 is 11.8 Å². The van der Waals surface area contributed by atoms with Gasteiger partial charge in [-0.15, -0.1) is 11.8 Å². The van der Waals surface area contributed by atoms with Crippen molar-refractivity contribution in [2.75, 3.05) is 0 Å². The number of aromatic nitrogens is 3. The molecular weight excluding hydrogens is 329 g/mol. The smallest absolute Gasteiger partial charge is 0.280 e. The molecule has 0 aliphatic carbocycles. The molecule has 0 fully saturated rings. The van der Waals surface area contributed by atoms with Crippen LogP contribution in [0, 0.1) is 12.7 Å². The highest BCUT2D eigenvalue weighted by Crippen LogP contribution is 2.30. The van der Waals surface area contributed by atoms with Crippen molar-refractivity contribution in [3.05, 3.63) is 68.2 Å². The summed E-state index contributed by atoms with van der Waals surface area (Å²) in [6.45, 7) is 1.87. The lowest BCUT2D eigenvalue weighted by atomic mass is 10.2. The van der Waals surface area contributed by atoms with Gasteiger partial charge in [0.1, 0.15) is 11.5 Å². The van der Waals surface area contributed by atoms with Gasteiger partial charge in [-0.3, -0.25) is 13.9 Å². The van der Waals surface area contributed by atoms with Crippen LogP contribution in [0.4, 0.5) is 4.39 Å². The van der Waals surface area contributed by atoms with Gasteiger partial charge in [-0.2, -0.15) is 0 Å². The number of pyridine rings is 1. The minimum absolute atomic E-state index is 0.289. The third-order valence-corrected chi connectivity index (χ3v) is 5.16. The van der Waals surface area contributed by atoms with Crippen molar-refractivity contribution < 1.29 is 4.39 Å². The zero-order valence-corrected chi connectivity index (χ0v) is 14.4. The minimum atomic E-state index is -0.412. The van der Waals surface area contributed by atoms with E-state index in [0.29, 0.717) is 16.8 Å². The first kappa shape index (κ1) is 16.4. The first-order valence-corrected chi connectivity index (χ1v) is 8.31. The third kappa shape index (κ3) is 2.75. The fraction of sp³-hybridized carbons (Fsp3) is 0.235. The molecule has 7 heteroatoms. The molecule has 0 saturated carbocycles. The molecule has 0 aliphatic heterocycles. The van der Waals surface area contributed by atoms with E-state index in [9.17, 15) is 14.0 Å². The quantitative estimate of drug-likeness (QED) is 0.684. The molecular formula is C17H16FN3O2S. The monoisotopic (exact) mass is 345 g/mol. The molecule has 3 aromatic rings. The maximum Gasteiger partial charge on any atom is 0.332 e. The molecule has 1 aromatic carbocycles. The van der Waals surface area contributed by atoms with Crippen molar-refractivity contribution in [2.24, 2.45) is 14.1 Å². The van der Waals surface area contributed by atoms with E-state index in [1.807, 2.05) is 13.0 Å². The van der Waals surface area contributed by atoms with Crippen molar-refractivity contribution >= 4 is 22.8 Å². The molecule has 3 rings (SSSR count). The van der Waals surface area contributed by atoms with Gasteiger partial charge in [0.05, 0.1) is 5.39 Å². The van der Waals surface area contributed by atoms with Crippen LogP contribution in [0.3, 0.4) is 0 Å². The van der Waals surface area contributed by atoms with Crippen molar-refractivity contribution in [1.82, 2.24) is 14.1 Å². The van der Waals surface area contributed by atoms with E-state index in [0.717, 1.165) is 20.6 Å². The van der Waals surface area contributed by atoms with Gasteiger partial charge in [-0.05, 0) is 30.2 Å². The van der Waals surface area contributed by atoms with Gasteiger partial charge >= 0.3 is 5.69 Å². The first-order chi connectivity index (χ1) is 11.4. The Bertz CT molecular complexity index is 1060. The Morgan fingerprint density at radius 3 is 2.67 bits per heavy atom. The predicted octanol–water partition coefficient (Wildman–Crippen LogP) is 2.37. The summed E-state index contributed by atoms with van der Waals surface area (Å²) in [6, 6.07) is 6.36. The van der Waals surface area contributed by atoms with Gasteiger partial charge in [0.15, 0.2) is 0 Å². The van der Waals surface area contributed by atoms with E-state index in [-0.39, 0.29) is 11.4 Å². The maximum absolute atomic E-state index is 13.3. The van der Waals surface area contributed by atoms with Gasteiger partial charge in [-0.25, -0.2) is 14.2 Å². The average molecular weight is 345 g/mol. The number of rotatable bonds is 3. The molecule has 2 aromatic heterocycles. The van der Waals surface area contributed by atoms with Crippen LogP contribution < -0.4 is 11.2 Å². The Balaban J connectivity index is 2.15. The van der Waals surface area contributed by atoms with Gasteiger partial charge in [0, 0.05) is 30.9 Å². The van der Waals surface area contributed by atoms with E-state index in [4.69, 9.17) is 0 Å².